The van der Waals surface area contributed by atoms with Gasteiger partial charge in [-0.25, -0.2) is 0 Å². The van der Waals surface area contributed by atoms with E-state index in [9.17, 15) is 14.7 Å². The first-order chi connectivity index (χ1) is 15.8. The van der Waals surface area contributed by atoms with Crippen LogP contribution in [0.3, 0.4) is 0 Å². The number of amides is 1. The van der Waals surface area contributed by atoms with Gasteiger partial charge in [-0.15, -0.1) is 0 Å². The SMILES string of the molecule is CCOc1ccc(C(O)=C2C(=O)C(=O)N(CCN(CC)CC)C2c2ccc(Cl)cc2)c(C)c1. The molecule has 2 aromatic carbocycles. The molecule has 1 saturated heterocycles. The number of carbonyl (C=O) groups excluding carboxylic acids is 2. The van der Waals surface area contributed by atoms with E-state index in [1.165, 1.54) is 0 Å². The summed E-state index contributed by atoms with van der Waals surface area (Å²) in [5, 5.41) is 11.8. The summed E-state index contributed by atoms with van der Waals surface area (Å²) in [5.41, 5.74) is 2.07. The normalized spacial score (nSPS) is 17.8. The topological polar surface area (TPSA) is 70.1 Å². The predicted molar refractivity (Wildman–Crippen MR) is 131 cm³/mol. The van der Waals surface area contributed by atoms with Crippen molar-refractivity contribution in [2.75, 3.05) is 32.8 Å². The minimum atomic E-state index is -0.691. The van der Waals surface area contributed by atoms with Gasteiger partial charge in [0.2, 0.25) is 0 Å². The molecule has 33 heavy (non-hydrogen) atoms. The first-order valence-electron chi connectivity index (χ1n) is 11.3. The summed E-state index contributed by atoms with van der Waals surface area (Å²) in [6, 6.07) is 11.6. The summed E-state index contributed by atoms with van der Waals surface area (Å²) < 4.78 is 5.54. The number of nitrogens with zero attached hydrogens (tertiary/aromatic N) is 2. The number of hydrogen-bond donors (Lipinski definition) is 1. The smallest absolute Gasteiger partial charge is 0.295 e. The van der Waals surface area contributed by atoms with Crippen LogP contribution in [-0.2, 0) is 9.59 Å². The summed E-state index contributed by atoms with van der Waals surface area (Å²) >= 11 is 6.08. The number of halogens is 1. The van der Waals surface area contributed by atoms with Crippen LogP contribution in [0.25, 0.3) is 5.76 Å². The lowest BCUT2D eigenvalue weighted by atomic mass is 9.94. The molecular weight excluding hydrogens is 440 g/mol. The fourth-order valence-corrected chi connectivity index (χ4v) is 4.32. The van der Waals surface area contributed by atoms with Crippen LogP contribution in [0.4, 0.5) is 0 Å². The van der Waals surface area contributed by atoms with Gasteiger partial charge >= 0.3 is 0 Å². The van der Waals surface area contributed by atoms with Gasteiger partial charge in [-0.3, -0.25) is 9.59 Å². The monoisotopic (exact) mass is 470 g/mol. The van der Waals surface area contributed by atoms with Gasteiger partial charge in [0.05, 0.1) is 18.2 Å². The second-order valence-electron chi connectivity index (χ2n) is 7.98. The minimum Gasteiger partial charge on any atom is -0.507 e. The molecule has 0 aliphatic carbocycles. The number of likely N-dealkylation sites (N-methyl/N-ethyl adjacent to an activating group) is 1. The van der Waals surface area contributed by atoms with Gasteiger partial charge in [0, 0.05) is 23.7 Å². The van der Waals surface area contributed by atoms with Crippen molar-refractivity contribution in [3.05, 3.63) is 69.8 Å². The maximum absolute atomic E-state index is 13.2. The zero-order valence-electron chi connectivity index (χ0n) is 19.6. The molecule has 2 aromatic rings. The molecule has 0 spiro atoms. The van der Waals surface area contributed by atoms with Crippen molar-refractivity contribution in [3.63, 3.8) is 0 Å². The van der Waals surface area contributed by atoms with Crippen LogP contribution < -0.4 is 4.74 Å². The maximum atomic E-state index is 13.2. The molecule has 6 nitrogen and oxygen atoms in total. The second kappa shape index (κ2) is 10.9. The molecule has 3 rings (SSSR count). The molecule has 1 aliphatic heterocycles. The van der Waals surface area contributed by atoms with Crippen LogP contribution in [0.15, 0.2) is 48.0 Å². The van der Waals surface area contributed by atoms with E-state index in [0.29, 0.717) is 36.0 Å². The molecule has 0 aromatic heterocycles. The van der Waals surface area contributed by atoms with E-state index in [-0.39, 0.29) is 11.3 Å². The third-order valence-electron chi connectivity index (χ3n) is 6.04. The van der Waals surface area contributed by atoms with Crippen molar-refractivity contribution in [3.8, 4) is 5.75 Å². The van der Waals surface area contributed by atoms with E-state index >= 15 is 0 Å². The van der Waals surface area contributed by atoms with Gasteiger partial charge in [-0.2, -0.15) is 0 Å². The van der Waals surface area contributed by atoms with Crippen molar-refractivity contribution in [1.29, 1.82) is 0 Å². The van der Waals surface area contributed by atoms with E-state index in [0.717, 1.165) is 24.2 Å². The Morgan fingerprint density at radius 3 is 2.33 bits per heavy atom. The number of rotatable bonds is 9. The van der Waals surface area contributed by atoms with E-state index in [2.05, 4.69) is 18.7 Å². The average molecular weight is 471 g/mol. The molecule has 1 amide bonds. The fraction of sp³-hybridized carbons (Fsp3) is 0.385. The molecule has 1 heterocycles. The van der Waals surface area contributed by atoms with Gasteiger partial charge in [-0.05, 0) is 68.4 Å². The van der Waals surface area contributed by atoms with Crippen LogP contribution in [0.1, 0.15) is 43.5 Å². The highest BCUT2D eigenvalue weighted by molar-refractivity contribution is 6.46. The molecule has 1 unspecified atom stereocenters. The Kier molecular flexibility index (Phi) is 8.16. The van der Waals surface area contributed by atoms with Crippen LogP contribution in [0, 0.1) is 6.92 Å². The van der Waals surface area contributed by atoms with Crippen LogP contribution in [0.2, 0.25) is 5.02 Å². The first kappa shape index (κ1) is 24.8. The highest BCUT2D eigenvalue weighted by atomic mass is 35.5. The van der Waals surface area contributed by atoms with Crippen molar-refractivity contribution in [2.24, 2.45) is 0 Å². The van der Waals surface area contributed by atoms with Gasteiger partial charge in [0.25, 0.3) is 11.7 Å². The van der Waals surface area contributed by atoms with Gasteiger partial charge < -0.3 is 19.6 Å². The summed E-state index contributed by atoms with van der Waals surface area (Å²) in [6.07, 6.45) is 0. The number of ether oxygens (including phenoxy) is 1. The average Bonchev–Trinajstić information content (AvgIpc) is 3.05. The van der Waals surface area contributed by atoms with E-state index in [1.54, 1.807) is 41.3 Å². The highest BCUT2D eigenvalue weighted by Crippen LogP contribution is 2.40. The van der Waals surface area contributed by atoms with Gasteiger partial charge in [0.1, 0.15) is 11.5 Å². The zero-order chi connectivity index (χ0) is 24.1. The summed E-state index contributed by atoms with van der Waals surface area (Å²) in [7, 11) is 0. The lowest BCUT2D eigenvalue weighted by Gasteiger charge is -2.28. The Bertz CT molecular complexity index is 1040. The van der Waals surface area contributed by atoms with E-state index in [1.807, 2.05) is 19.9 Å². The molecule has 1 aliphatic rings. The second-order valence-corrected chi connectivity index (χ2v) is 8.42. The molecule has 1 N–H and O–H groups in total. The third-order valence-corrected chi connectivity index (χ3v) is 6.29. The van der Waals surface area contributed by atoms with Gasteiger partial charge in [0.15, 0.2) is 0 Å². The molecule has 7 heteroatoms. The molecule has 1 fully saturated rings. The maximum Gasteiger partial charge on any atom is 0.295 e. The molecule has 1 atom stereocenters. The van der Waals surface area contributed by atoms with Crippen molar-refractivity contribution in [1.82, 2.24) is 9.80 Å². The number of carbonyl (C=O) groups is 2. The Balaban J connectivity index is 2.10. The Labute approximate surface area is 200 Å². The number of hydrogen-bond acceptors (Lipinski definition) is 5. The molecule has 0 saturated carbocycles. The molecule has 0 bridgehead atoms. The summed E-state index contributed by atoms with van der Waals surface area (Å²) in [4.78, 5) is 30.0. The van der Waals surface area contributed by atoms with Crippen LogP contribution in [-0.4, -0.2) is 59.4 Å². The largest absolute Gasteiger partial charge is 0.507 e. The van der Waals surface area contributed by atoms with Gasteiger partial charge in [-0.1, -0.05) is 37.6 Å². The quantitative estimate of drug-likeness (QED) is 0.323. The Morgan fingerprint density at radius 2 is 1.76 bits per heavy atom. The lowest BCUT2D eigenvalue weighted by molar-refractivity contribution is -0.140. The summed E-state index contributed by atoms with van der Waals surface area (Å²) in [5.74, 6) is -0.785. The van der Waals surface area contributed by atoms with Crippen molar-refractivity contribution >= 4 is 29.1 Å². The number of aliphatic hydroxyl groups excluding tert-OH is 1. The predicted octanol–water partition coefficient (Wildman–Crippen LogP) is 4.81. The molecule has 0 radical (unpaired) electrons. The lowest BCUT2D eigenvalue weighted by Crippen LogP contribution is -2.38. The molecule has 176 valence electrons. The number of aryl methyl sites for hydroxylation is 1. The van der Waals surface area contributed by atoms with Crippen LogP contribution >= 0.6 is 11.6 Å². The number of likely N-dealkylation sites (tertiary alicyclic amines) is 1. The number of aliphatic hydroxyl groups is 1. The zero-order valence-corrected chi connectivity index (χ0v) is 20.4. The highest BCUT2D eigenvalue weighted by Gasteiger charge is 2.46. The van der Waals surface area contributed by atoms with E-state index < -0.39 is 17.7 Å². The Hall–Kier alpha value is -2.83. The number of ketones is 1. The van der Waals surface area contributed by atoms with E-state index in [4.69, 9.17) is 16.3 Å². The minimum absolute atomic E-state index is 0.0918. The molecular formula is C26H31ClN2O4. The first-order valence-corrected chi connectivity index (χ1v) is 11.7. The van der Waals surface area contributed by atoms with Crippen molar-refractivity contribution in [2.45, 2.75) is 33.7 Å². The Morgan fingerprint density at radius 1 is 1.09 bits per heavy atom. The van der Waals surface area contributed by atoms with Crippen molar-refractivity contribution < 1.29 is 19.4 Å². The summed E-state index contributed by atoms with van der Waals surface area (Å²) in [6.45, 7) is 11.1. The number of Topliss-reactive ketones (excluding diaryl/α,β-unsaturated/α-hetero) is 1. The number of benzene rings is 2. The third kappa shape index (κ3) is 5.23. The standard InChI is InChI=1S/C26H31ClN2O4/c1-5-28(6-2)14-15-29-23(18-8-10-19(27)11-9-18)22(25(31)26(29)32)24(30)21-13-12-20(33-7-3)16-17(21)4/h8-13,16,23,30H,5-7,14-15H2,1-4H3. The fourth-order valence-electron chi connectivity index (χ4n) is 4.19. The van der Waals surface area contributed by atoms with Crippen LogP contribution in [0.5, 0.6) is 5.75 Å².